The van der Waals surface area contributed by atoms with Crippen LogP contribution in [-0.4, -0.2) is 19.3 Å². The third kappa shape index (κ3) is 2.38. The molecule has 1 heterocycles. The Morgan fingerprint density at radius 3 is 2.82 bits per heavy atom. The average molecular weight is 231 g/mol. The number of hydrogen-bond acceptors (Lipinski definition) is 3. The number of nitrogens with one attached hydrogen (secondary N) is 1. The first-order valence-electron chi connectivity index (χ1n) is 6.25. The van der Waals surface area contributed by atoms with Gasteiger partial charge in [-0.25, -0.2) is 0 Å². The maximum atomic E-state index is 5.57. The standard InChI is InChI=1S/C14H17NO2/c1-2-4-11(5-3-1)15-12-6-7-13-14(10-12)17-9-8-16-13/h2,4,6-7,10-11,15H,1,3,5,8-9H2. The highest BCUT2D eigenvalue weighted by Gasteiger charge is 2.13. The van der Waals surface area contributed by atoms with Crippen LogP contribution in [0.5, 0.6) is 11.5 Å². The minimum absolute atomic E-state index is 0.450. The highest BCUT2D eigenvalue weighted by atomic mass is 16.6. The van der Waals surface area contributed by atoms with Crippen LogP contribution in [0.15, 0.2) is 30.4 Å². The highest BCUT2D eigenvalue weighted by Crippen LogP contribution is 2.33. The first-order chi connectivity index (χ1) is 8.42. The number of ether oxygens (including phenoxy) is 2. The number of benzene rings is 1. The lowest BCUT2D eigenvalue weighted by molar-refractivity contribution is 0.171. The summed E-state index contributed by atoms with van der Waals surface area (Å²) < 4.78 is 11.1. The first-order valence-corrected chi connectivity index (χ1v) is 6.25. The molecule has 0 fully saturated rings. The number of allylic oxidation sites excluding steroid dienone is 1. The summed E-state index contributed by atoms with van der Waals surface area (Å²) in [7, 11) is 0. The molecule has 1 atom stereocenters. The molecule has 0 spiro atoms. The number of anilines is 1. The van der Waals surface area contributed by atoms with Gasteiger partial charge >= 0.3 is 0 Å². The molecule has 0 aromatic heterocycles. The van der Waals surface area contributed by atoms with Crippen LogP contribution in [0.3, 0.4) is 0 Å². The van der Waals surface area contributed by atoms with Gasteiger partial charge in [0.1, 0.15) is 13.2 Å². The molecule has 2 aliphatic rings. The maximum Gasteiger partial charge on any atom is 0.163 e. The van der Waals surface area contributed by atoms with Crippen molar-refractivity contribution >= 4 is 5.69 Å². The van der Waals surface area contributed by atoms with Crippen molar-refractivity contribution in [2.45, 2.75) is 25.3 Å². The minimum atomic E-state index is 0.450. The Hall–Kier alpha value is -1.64. The molecule has 0 saturated carbocycles. The Morgan fingerprint density at radius 1 is 1.12 bits per heavy atom. The second-order valence-corrected chi connectivity index (χ2v) is 4.47. The zero-order valence-corrected chi connectivity index (χ0v) is 9.82. The lowest BCUT2D eigenvalue weighted by Crippen LogP contribution is -2.19. The topological polar surface area (TPSA) is 30.5 Å². The molecule has 3 heteroatoms. The van der Waals surface area contributed by atoms with E-state index in [1.54, 1.807) is 0 Å². The van der Waals surface area contributed by atoms with Gasteiger partial charge in [-0.1, -0.05) is 12.2 Å². The van der Waals surface area contributed by atoms with Gasteiger partial charge in [-0.3, -0.25) is 0 Å². The van der Waals surface area contributed by atoms with Gasteiger partial charge in [0.25, 0.3) is 0 Å². The lowest BCUT2D eigenvalue weighted by atomic mass is 10.0. The molecular formula is C14H17NO2. The summed E-state index contributed by atoms with van der Waals surface area (Å²) in [6, 6.07) is 6.50. The Balaban J connectivity index is 1.74. The zero-order valence-electron chi connectivity index (χ0n) is 9.82. The smallest absolute Gasteiger partial charge is 0.163 e. The zero-order chi connectivity index (χ0) is 11.5. The van der Waals surface area contributed by atoms with Gasteiger partial charge in [-0.2, -0.15) is 0 Å². The SMILES string of the molecule is C1=CC(Nc2ccc3c(c2)OCCO3)CCC1. The van der Waals surface area contributed by atoms with Crippen molar-refractivity contribution in [3.05, 3.63) is 30.4 Å². The molecule has 0 saturated heterocycles. The average Bonchev–Trinajstić information content (AvgIpc) is 2.40. The van der Waals surface area contributed by atoms with Crippen molar-refractivity contribution in [3.8, 4) is 11.5 Å². The van der Waals surface area contributed by atoms with Gasteiger partial charge in [-0.05, 0) is 31.4 Å². The predicted molar refractivity (Wildman–Crippen MR) is 67.8 cm³/mol. The quantitative estimate of drug-likeness (QED) is 0.794. The van der Waals surface area contributed by atoms with Crippen molar-refractivity contribution in [2.75, 3.05) is 18.5 Å². The van der Waals surface area contributed by atoms with Gasteiger partial charge in [-0.15, -0.1) is 0 Å². The number of fused-ring (bicyclic) bond motifs is 1. The molecule has 1 N–H and O–H groups in total. The number of rotatable bonds is 2. The van der Waals surface area contributed by atoms with Gasteiger partial charge in [0.15, 0.2) is 11.5 Å². The molecule has 1 unspecified atom stereocenters. The molecule has 0 radical (unpaired) electrons. The second kappa shape index (κ2) is 4.70. The fraction of sp³-hybridized carbons (Fsp3) is 0.429. The van der Waals surface area contributed by atoms with E-state index in [2.05, 4.69) is 23.5 Å². The molecule has 1 aliphatic carbocycles. The highest BCUT2D eigenvalue weighted by molar-refractivity contribution is 5.56. The van der Waals surface area contributed by atoms with Crippen LogP contribution in [0.2, 0.25) is 0 Å². The summed E-state index contributed by atoms with van der Waals surface area (Å²) >= 11 is 0. The Labute approximate surface area is 101 Å². The molecule has 1 aliphatic heterocycles. The molecule has 0 amide bonds. The monoisotopic (exact) mass is 231 g/mol. The van der Waals surface area contributed by atoms with E-state index in [-0.39, 0.29) is 0 Å². The molecule has 17 heavy (non-hydrogen) atoms. The summed E-state index contributed by atoms with van der Waals surface area (Å²) in [5.74, 6) is 1.70. The fourth-order valence-corrected chi connectivity index (χ4v) is 2.28. The van der Waals surface area contributed by atoms with Crippen molar-refractivity contribution in [3.63, 3.8) is 0 Å². The number of hydrogen-bond donors (Lipinski definition) is 1. The normalized spacial score (nSPS) is 22.2. The van der Waals surface area contributed by atoms with E-state index in [0.717, 1.165) is 17.2 Å². The molecule has 1 aromatic rings. The molecule has 3 nitrogen and oxygen atoms in total. The van der Waals surface area contributed by atoms with E-state index in [1.165, 1.54) is 19.3 Å². The van der Waals surface area contributed by atoms with Gasteiger partial charge < -0.3 is 14.8 Å². The van der Waals surface area contributed by atoms with Crippen LogP contribution in [0.1, 0.15) is 19.3 Å². The van der Waals surface area contributed by atoms with E-state index < -0.39 is 0 Å². The third-order valence-corrected chi connectivity index (χ3v) is 3.15. The maximum absolute atomic E-state index is 5.57. The van der Waals surface area contributed by atoms with Crippen LogP contribution in [-0.2, 0) is 0 Å². The van der Waals surface area contributed by atoms with E-state index in [1.807, 2.05) is 12.1 Å². The minimum Gasteiger partial charge on any atom is -0.486 e. The van der Waals surface area contributed by atoms with E-state index >= 15 is 0 Å². The predicted octanol–water partition coefficient (Wildman–Crippen LogP) is 2.98. The molecule has 90 valence electrons. The Morgan fingerprint density at radius 2 is 2.00 bits per heavy atom. The summed E-state index contributed by atoms with van der Waals surface area (Å²) in [4.78, 5) is 0. The van der Waals surface area contributed by atoms with Crippen molar-refractivity contribution in [1.82, 2.24) is 0 Å². The van der Waals surface area contributed by atoms with E-state index in [0.29, 0.717) is 19.3 Å². The van der Waals surface area contributed by atoms with Crippen LogP contribution >= 0.6 is 0 Å². The van der Waals surface area contributed by atoms with Crippen molar-refractivity contribution in [2.24, 2.45) is 0 Å². The van der Waals surface area contributed by atoms with Gasteiger partial charge in [0.2, 0.25) is 0 Å². The second-order valence-electron chi connectivity index (χ2n) is 4.47. The van der Waals surface area contributed by atoms with Crippen LogP contribution in [0, 0.1) is 0 Å². The molecule has 0 bridgehead atoms. The summed E-state index contributed by atoms with van der Waals surface area (Å²) in [6.45, 7) is 1.28. The third-order valence-electron chi connectivity index (χ3n) is 3.15. The Kier molecular flexibility index (Phi) is 2.90. The lowest BCUT2D eigenvalue weighted by Gasteiger charge is -2.22. The summed E-state index contributed by atoms with van der Waals surface area (Å²) in [6.07, 6.45) is 8.17. The van der Waals surface area contributed by atoms with Crippen LogP contribution in [0.4, 0.5) is 5.69 Å². The molecule has 3 rings (SSSR count). The molecule has 1 aromatic carbocycles. The Bertz CT molecular complexity index is 428. The summed E-state index contributed by atoms with van der Waals surface area (Å²) in [5, 5.41) is 3.51. The fourth-order valence-electron chi connectivity index (χ4n) is 2.28. The summed E-state index contributed by atoms with van der Waals surface area (Å²) in [5.41, 5.74) is 1.10. The van der Waals surface area contributed by atoms with Crippen molar-refractivity contribution in [1.29, 1.82) is 0 Å². The molecular weight excluding hydrogens is 214 g/mol. The van der Waals surface area contributed by atoms with Crippen molar-refractivity contribution < 1.29 is 9.47 Å². The largest absolute Gasteiger partial charge is 0.486 e. The van der Waals surface area contributed by atoms with Crippen LogP contribution < -0.4 is 14.8 Å². The van der Waals surface area contributed by atoms with Gasteiger partial charge in [0.05, 0.1) is 0 Å². The van der Waals surface area contributed by atoms with Gasteiger partial charge in [0, 0.05) is 17.8 Å². The van der Waals surface area contributed by atoms with Crippen LogP contribution in [0.25, 0.3) is 0 Å². The van der Waals surface area contributed by atoms with E-state index in [9.17, 15) is 0 Å². The first kappa shape index (κ1) is 10.5. The van der Waals surface area contributed by atoms with E-state index in [4.69, 9.17) is 9.47 Å².